The minimum absolute atomic E-state index is 0.211. The van der Waals surface area contributed by atoms with Gasteiger partial charge in [-0.15, -0.1) is 0 Å². The van der Waals surface area contributed by atoms with Crippen molar-refractivity contribution in [3.8, 4) is 11.5 Å². The van der Waals surface area contributed by atoms with Crippen molar-refractivity contribution in [1.82, 2.24) is 14.9 Å². The van der Waals surface area contributed by atoms with E-state index in [9.17, 15) is 22.8 Å². The number of halogens is 3. The van der Waals surface area contributed by atoms with Crippen LogP contribution >= 0.6 is 0 Å². The Morgan fingerprint density at radius 1 is 1.06 bits per heavy atom. The standard InChI is InChI=1S/C21H18F3N5O3/c22-21(23,24)18-17(27-20(32-18)14-4-2-1-3-5-14)19(31)26-15-6-7-16(25-12-15)29-10-8-28(13-30)9-11-29/h1-7,12-13H,8-11H2,(H,26,31). The molecule has 32 heavy (non-hydrogen) atoms. The van der Waals surface area contributed by atoms with E-state index in [1.165, 1.54) is 24.4 Å². The van der Waals surface area contributed by atoms with Gasteiger partial charge in [0, 0.05) is 31.7 Å². The molecule has 0 atom stereocenters. The molecule has 0 aliphatic carbocycles. The lowest BCUT2D eigenvalue weighted by atomic mass is 10.2. The number of hydrogen-bond acceptors (Lipinski definition) is 6. The average Bonchev–Trinajstić information content (AvgIpc) is 3.27. The van der Waals surface area contributed by atoms with Gasteiger partial charge in [-0.3, -0.25) is 9.59 Å². The van der Waals surface area contributed by atoms with Gasteiger partial charge < -0.3 is 19.5 Å². The Hall–Kier alpha value is -3.89. The van der Waals surface area contributed by atoms with Crippen LogP contribution in [0.4, 0.5) is 24.7 Å². The van der Waals surface area contributed by atoms with Crippen LogP contribution < -0.4 is 10.2 Å². The fourth-order valence-corrected chi connectivity index (χ4v) is 3.26. The van der Waals surface area contributed by atoms with E-state index in [0.717, 1.165) is 6.41 Å². The predicted octanol–water partition coefficient (Wildman–Crippen LogP) is 3.29. The van der Waals surface area contributed by atoms with Crippen molar-refractivity contribution in [3.63, 3.8) is 0 Å². The molecule has 1 aromatic carbocycles. The fraction of sp³-hybridized carbons (Fsp3) is 0.238. The van der Waals surface area contributed by atoms with E-state index < -0.39 is 23.5 Å². The first kappa shape index (κ1) is 21.3. The second kappa shape index (κ2) is 8.69. The molecule has 3 heterocycles. The van der Waals surface area contributed by atoms with Crippen molar-refractivity contribution < 1.29 is 27.2 Å². The highest BCUT2D eigenvalue weighted by molar-refractivity contribution is 6.04. The molecule has 0 spiro atoms. The number of hydrogen-bond donors (Lipinski definition) is 1. The van der Waals surface area contributed by atoms with E-state index in [-0.39, 0.29) is 11.6 Å². The number of benzene rings is 1. The minimum atomic E-state index is -4.89. The van der Waals surface area contributed by atoms with Crippen LogP contribution in [0.3, 0.4) is 0 Å². The zero-order chi connectivity index (χ0) is 22.7. The number of piperazine rings is 1. The SMILES string of the molecule is O=CN1CCN(c2ccc(NC(=O)c3nc(-c4ccccc4)oc3C(F)(F)F)cn2)CC1. The molecule has 3 aromatic rings. The van der Waals surface area contributed by atoms with Gasteiger partial charge in [-0.1, -0.05) is 18.2 Å². The van der Waals surface area contributed by atoms with Crippen LogP contribution in [0.15, 0.2) is 53.1 Å². The lowest BCUT2D eigenvalue weighted by Gasteiger charge is -2.33. The van der Waals surface area contributed by atoms with Crippen LogP contribution in [-0.4, -0.2) is 53.4 Å². The topological polar surface area (TPSA) is 91.6 Å². The summed E-state index contributed by atoms with van der Waals surface area (Å²) in [7, 11) is 0. The zero-order valence-corrected chi connectivity index (χ0v) is 16.7. The summed E-state index contributed by atoms with van der Waals surface area (Å²) in [5, 5.41) is 2.38. The minimum Gasteiger partial charge on any atom is -0.431 e. The van der Waals surface area contributed by atoms with Gasteiger partial charge in [0.2, 0.25) is 18.1 Å². The zero-order valence-electron chi connectivity index (χ0n) is 16.7. The highest BCUT2D eigenvalue weighted by Crippen LogP contribution is 2.35. The molecule has 1 aliphatic rings. The Kier molecular flexibility index (Phi) is 5.80. The van der Waals surface area contributed by atoms with Gasteiger partial charge in [0.1, 0.15) is 5.82 Å². The first-order chi connectivity index (χ1) is 15.3. The lowest BCUT2D eigenvalue weighted by molar-refractivity contribution is -0.153. The summed E-state index contributed by atoms with van der Waals surface area (Å²) in [6, 6.07) is 11.2. The second-order valence-corrected chi connectivity index (χ2v) is 7.05. The largest absolute Gasteiger partial charge is 0.452 e. The summed E-state index contributed by atoms with van der Waals surface area (Å²) in [6.45, 7) is 2.35. The van der Waals surface area contributed by atoms with Gasteiger partial charge in [0.25, 0.3) is 5.91 Å². The molecular formula is C21H18F3N5O3. The Balaban J connectivity index is 1.51. The molecule has 0 bridgehead atoms. The number of pyridine rings is 1. The van der Waals surface area contributed by atoms with Crippen molar-refractivity contribution in [2.75, 3.05) is 36.4 Å². The van der Waals surface area contributed by atoms with Crippen molar-refractivity contribution in [2.24, 2.45) is 0 Å². The third-order valence-corrected chi connectivity index (χ3v) is 4.91. The first-order valence-corrected chi connectivity index (χ1v) is 9.70. The molecule has 11 heteroatoms. The maximum Gasteiger partial charge on any atom is 0.452 e. The van der Waals surface area contributed by atoms with Gasteiger partial charge in [-0.05, 0) is 24.3 Å². The molecule has 2 amide bonds. The second-order valence-electron chi connectivity index (χ2n) is 7.05. The smallest absolute Gasteiger partial charge is 0.431 e. The summed E-state index contributed by atoms with van der Waals surface area (Å²) in [5.41, 5.74) is -0.328. The molecule has 1 saturated heterocycles. The Morgan fingerprint density at radius 2 is 1.78 bits per heavy atom. The third-order valence-electron chi connectivity index (χ3n) is 4.91. The fourth-order valence-electron chi connectivity index (χ4n) is 3.26. The normalized spacial score (nSPS) is 14.3. The Labute approximate surface area is 180 Å². The van der Waals surface area contributed by atoms with Crippen LogP contribution in [0.1, 0.15) is 16.2 Å². The van der Waals surface area contributed by atoms with Gasteiger partial charge in [-0.25, -0.2) is 9.97 Å². The summed E-state index contributed by atoms with van der Waals surface area (Å²) in [5.74, 6) is -2.19. The molecular weight excluding hydrogens is 427 g/mol. The molecule has 4 rings (SSSR count). The molecule has 1 aliphatic heterocycles. The number of alkyl halides is 3. The molecule has 1 fully saturated rings. The monoisotopic (exact) mass is 445 g/mol. The molecule has 8 nitrogen and oxygen atoms in total. The quantitative estimate of drug-likeness (QED) is 0.606. The van der Waals surface area contributed by atoms with E-state index in [1.54, 1.807) is 29.2 Å². The van der Waals surface area contributed by atoms with Crippen molar-refractivity contribution >= 4 is 23.8 Å². The van der Waals surface area contributed by atoms with Crippen LogP contribution in [0.25, 0.3) is 11.5 Å². The average molecular weight is 445 g/mol. The molecule has 1 N–H and O–H groups in total. The molecule has 2 aromatic heterocycles. The van der Waals surface area contributed by atoms with Gasteiger partial charge in [-0.2, -0.15) is 13.2 Å². The summed E-state index contributed by atoms with van der Waals surface area (Å²) in [6.07, 6.45) is -2.74. The van der Waals surface area contributed by atoms with E-state index in [2.05, 4.69) is 15.3 Å². The van der Waals surface area contributed by atoms with Crippen LogP contribution in [0.2, 0.25) is 0 Å². The number of carbonyl (C=O) groups is 2. The Morgan fingerprint density at radius 3 is 2.38 bits per heavy atom. The molecule has 0 saturated carbocycles. The molecule has 0 unspecified atom stereocenters. The maximum absolute atomic E-state index is 13.4. The van der Waals surface area contributed by atoms with Crippen LogP contribution in [-0.2, 0) is 11.0 Å². The highest BCUT2D eigenvalue weighted by Gasteiger charge is 2.42. The van der Waals surface area contributed by atoms with E-state index >= 15 is 0 Å². The van der Waals surface area contributed by atoms with Crippen molar-refractivity contribution in [2.45, 2.75) is 6.18 Å². The summed E-state index contributed by atoms with van der Waals surface area (Å²) in [4.78, 5) is 35.1. The number of oxazole rings is 1. The van der Waals surface area contributed by atoms with Crippen LogP contribution in [0.5, 0.6) is 0 Å². The number of anilines is 2. The van der Waals surface area contributed by atoms with Gasteiger partial charge in [0.05, 0.1) is 11.9 Å². The van der Waals surface area contributed by atoms with E-state index in [1.807, 2.05) is 4.90 Å². The van der Waals surface area contributed by atoms with Crippen LogP contribution in [0, 0.1) is 0 Å². The molecule has 166 valence electrons. The Bertz CT molecular complexity index is 1090. The van der Waals surface area contributed by atoms with Crippen molar-refractivity contribution in [1.29, 1.82) is 0 Å². The first-order valence-electron chi connectivity index (χ1n) is 9.70. The van der Waals surface area contributed by atoms with Crippen molar-refractivity contribution in [3.05, 3.63) is 60.1 Å². The number of amides is 2. The number of rotatable bonds is 5. The number of carbonyl (C=O) groups excluding carboxylic acids is 2. The van der Waals surface area contributed by atoms with E-state index in [0.29, 0.717) is 37.6 Å². The maximum atomic E-state index is 13.4. The predicted molar refractivity (Wildman–Crippen MR) is 109 cm³/mol. The van der Waals surface area contributed by atoms with Gasteiger partial charge >= 0.3 is 6.18 Å². The number of aromatic nitrogens is 2. The van der Waals surface area contributed by atoms with E-state index in [4.69, 9.17) is 4.42 Å². The highest BCUT2D eigenvalue weighted by atomic mass is 19.4. The lowest BCUT2D eigenvalue weighted by Crippen LogP contribution is -2.46. The number of nitrogens with one attached hydrogen (secondary N) is 1. The molecule has 0 radical (unpaired) electrons. The van der Waals surface area contributed by atoms with Gasteiger partial charge in [0.15, 0.2) is 5.69 Å². The number of nitrogens with zero attached hydrogens (tertiary/aromatic N) is 4. The summed E-state index contributed by atoms with van der Waals surface area (Å²) < 4.78 is 45.2. The third kappa shape index (κ3) is 4.56. The summed E-state index contributed by atoms with van der Waals surface area (Å²) >= 11 is 0.